The van der Waals surface area contributed by atoms with Crippen LogP contribution in [0.5, 0.6) is 0 Å². The zero-order chi connectivity index (χ0) is 20.3. The summed E-state index contributed by atoms with van der Waals surface area (Å²) in [6, 6.07) is 15.4. The van der Waals surface area contributed by atoms with Gasteiger partial charge in [-0.1, -0.05) is 53.6 Å². The fourth-order valence-corrected chi connectivity index (χ4v) is 2.71. The van der Waals surface area contributed by atoms with Gasteiger partial charge in [0.25, 0.3) is 5.56 Å². The fraction of sp³-hybridized carbons (Fsp3) is 0.0476. The van der Waals surface area contributed by atoms with E-state index in [0.29, 0.717) is 10.7 Å². The van der Waals surface area contributed by atoms with E-state index in [0.717, 1.165) is 15.8 Å². The molecule has 0 unspecified atom stereocenters. The number of aryl methyl sites for hydroxylation is 1. The molecule has 0 amide bonds. The standard InChI is InChI=1S/C21H14ClN3O3/c1-13-2-9-16(10-3-13)25-20(26)18(12-23)17(19(24-25)21(27)28)11-6-14-4-7-15(22)8-5-14/h2-11H,1H3,(H,27,28)/b11-6-. The number of nitrogens with zero attached hydrogens (tertiary/aromatic N) is 3. The maximum Gasteiger partial charge on any atom is 0.357 e. The lowest BCUT2D eigenvalue weighted by atomic mass is 10.1. The monoisotopic (exact) mass is 391 g/mol. The molecule has 3 aromatic rings. The zero-order valence-electron chi connectivity index (χ0n) is 14.8. The summed E-state index contributed by atoms with van der Waals surface area (Å²) in [5.41, 5.74) is 0.666. The predicted octanol–water partition coefficient (Wildman–Crippen LogP) is 3.93. The van der Waals surface area contributed by atoms with Crippen molar-refractivity contribution in [3.8, 4) is 11.8 Å². The zero-order valence-corrected chi connectivity index (χ0v) is 15.5. The molecule has 7 heteroatoms. The molecule has 0 radical (unpaired) electrons. The number of hydrogen-bond acceptors (Lipinski definition) is 4. The first-order chi connectivity index (χ1) is 13.4. The molecule has 0 saturated heterocycles. The van der Waals surface area contributed by atoms with E-state index < -0.39 is 11.5 Å². The van der Waals surface area contributed by atoms with Crippen molar-refractivity contribution in [3.63, 3.8) is 0 Å². The molecule has 3 rings (SSSR count). The van der Waals surface area contributed by atoms with Gasteiger partial charge in [0.1, 0.15) is 11.6 Å². The van der Waals surface area contributed by atoms with Crippen LogP contribution in [0.2, 0.25) is 5.02 Å². The van der Waals surface area contributed by atoms with Crippen molar-refractivity contribution in [2.75, 3.05) is 0 Å². The summed E-state index contributed by atoms with van der Waals surface area (Å²) < 4.78 is 0.932. The number of rotatable bonds is 4. The second kappa shape index (κ2) is 7.91. The first kappa shape index (κ1) is 19.1. The summed E-state index contributed by atoms with van der Waals surface area (Å²) in [4.78, 5) is 24.5. The Morgan fingerprint density at radius 3 is 2.36 bits per heavy atom. The van der Waals surface area contributed by atoms with Crippen LogP contribution in [-0.4, -0.2) is 20.9 Å². The molecule has 0 atom stereocenters. The van der Waals surface area contributed by atoms with Crippen LogP contribution >= 0.6 is 11.6 Å². The van der Waals surface area contributed by atoms with Gasteiger partial charge in [-0.15, -0.1) is 0 Å². The molecule has 0 fully saturated rings. The second-order valence-electron chi connectivity index (χ2n) is 5.99. The summed E-state index contributed by atoms with van der Waals surface area (Å²) in [5.74, 6) is -1.34. The minimum atomic E-state index is -1.34. The lowest BCUT2D eigenvalue weighted by Gasteiger charge is -2.10. The van der Waals surface area contributed by atoms with Crippen molar-refractivity contribution in [1.82, 2.24) is 9.78 Å². The van der Waals surface area contributed by atoms with Crippen molar-refractivity contribution in [1.29, 1.82) is 5.26 Å². The Hall–Kier alpha value is -3.69. The van der Waals surface area contributed by atoms with Crippen LogP contribution in [-0.2, 0) is 0 Å². The van der Waals surface area contributed by atoms with Gasteiger partial charge in [0.2, 0.25) is 0 Å². The van der Waals surface area contributed by atoms with Gasteiger partial charge in [0.15, 0.2) is 5.69 Å². The number of benzene rings is 2. The normalized spacial score (nSPS) is 10.8. The lowest BCUT2D eigenvalue weighted by molar-refractivity contribution is 0.0688. The highest BCUT2D eigenvalue weighted by Gasteiger charge is 2.21. The maximum atomic E-state index is 12.8. The average Bonchev–Trinajstić information content (AvgIpc) is 2.68. The number of hydrogen-bond donors (Lipinski definition) is 1. The topological polar surface area (TPSA) is 96.0 Å². The molecule has 138 valence electrons. The molecule has 0 spiro atoms. The SMILES string of the molecule is Cc1ccc(-n2nc(C(=O)O)c(/C=C\c3ccc(Cl)cc3)c(C#N)c2=O)cc1. The Bertz CT molecular complexity index is 1170. The minimum absolute atomic E-state index is 0.0432. The number of aromatic nitrogens is 2. The van der Waals surface area contributed by atoms with Crippen molar-refractivity contribution >= 4 is 29.7 Å². The molecule has 6 nitrogen and oxygen atoms in total. The number of carboxylic acids is 1. The van der Waals surface area contributed by atoms with Crippen LogP contribution in [0.1, 0.15) is 32.7 Å². The molecule has 1 aromatic heterocycles. The molecular formula is C21H14ClN3O3. The molecule has 0 aliphatic heterocycles. The van der Waals surface area contributed by atoms with E-state index in [2.05, 4.69) is 5.10 Å². The van der Waals surface area contributed by atoms with Crippen molar-refractivity contribution < 1.29 is 9.90 Å². The number of nitriles is 1. The molecule has 0 aliphatic carbocycles. The van der Waals surface area contributed by atoms with Gasteiger partial charge in [0.05, 0.1) is 5.69 Å². The lowest BCUT2D eigenvalue weighted by Crippen LogP contribution is -2.28. The third-order valence-electron chi connectivity index (χ3n) is 4.04. The Labute approximate surface area is 165 Å². The van der Waals surface area contributed by atoms with Gasteiger partial charge in [-0.05, 0) is 36.8 Å². The third kappa shape index (κ3) is 3.85. The molecule has 1 N–H and O–H groups in total. The second-order valence-corrected chi connectivity index (χ2v) is 6.43. The van der Waals surface area contributed by atoms with Gasteiger partial charge < -0.3 is 5.11 Å². The van der Waals surface area contributed by atoms with E-state index in [4.69, 9.17) is 11.6 Å². The Morgan fingerprint density at radius 1 is 1.14 bits per heavy atom. The minimum Gasteiger partial charge on any atom is -0.476 e. The molecular weight excluding hydrogens is 378 g/mol. The largest absolute Gasteiger partial charge is 0.476 e. The van der Waals surface area contributed by atoms with E-state index in [1.165, 1.54) is 6.08 Å². The van der Waals surface area contributed by atoms with Crippen LogP contribution in [0.3, 0.4) is 0 Å². The van der Waals surface area contributed by atoms with Crippen molar-refractivity contribution in [3.05, 3.63) is 91.9 Å². The summed E-state index contributed by atoms with van der Waals surface area (Å²) >= 11 is 5.85. The van der Waals surface area contributed by atoms with E-state index in [1.807, 2.05) is 13.0 Å². The first-order valence-electron chi connectivity index (χ1n) is 8.22. The molecule has 0 saturated carbocycles. The average molecular weight is 392 g/mol. The highest BCUT2D eigenvalue weighted by Crippen LogP contribution is 2.17. The van der Waals surface area contributed by atoms with Gasteiger partial charge >= 0.3 is 5.97 Å². The Balaban J connectivity index is 2.20. The van der Waals surface area contributed by atoms with Crippen LogP contribution in [0.4, 0.5) is 0 Å². The smallest absolute Gasteiger partial charge is 0.357 e. The highest BCUT2D eigenvalue weighted by molar-refractivity contribution is 6.30. The number of carboxylic acid groups (broad SMARTS) is 1. The molecule has 28 heavy (non-hydrogen) atoms. The van der Waals surface area contributed by atoms with E-state index in [-0.39, 0.29) is 16.8 Å². The van der Waals surface area contributed by atoms with Gasteiger partial charge in [-0.3, -0.25) is 4.79 Å². The summed E-state index contributed by atoms with van der Waals surface area (Å²) in [7, 11) is 0. The van der Waals surface area contributed by atoms with Crippen LogP contribution in [0.15, 0.2) is 53.3 Å². The summed E-state index contributed by atoms with van der Waals surface area (Å²) in [5, 5.41) is 23.7. The van der Waals surface area contributed by atoms with Crippen LogP contribution in [0, 0.1) is 18.3 Å². The predicted molar refractivity (Wildman–Crippen MR) is 107 cm³/mol. The van der Waals surface area contributed by atoms with Crippen molar-refractivity contribution in [2.45, 2.75) is 6.92 Å². The van der Waals surface area contributed by atoms with E-state index in [1.54, 1.807) is 54.6 Å². The quantitative estimate of drug-likeness (QED) is 0.726. The van der Waals surface area contributed by atoms with Crippen molar-refractivity contribution in [2.24, 2.45) is 0 Å². The number of carbonyl (C=O) groups is 1. The Kier molecular flexibility index (Phi) is 5.39. The van der Waals surface area contributed by atoms with Crippen LogP contribution < -0.4 is 5.56 Å². The van der Waals surface area contributed by atoms with Crippen LogP contribution in [0.25, 0.3) is 17.8 Å². The summed E-state index contributed by atoms with van der Waals surface area (Å²) in [6.45, 7) is 1.88. The van der Waals surface area contributed by atoms with E-state index >= 15 is 0 Å². The van der Waals surface area contributed by atoms with E-state index in [9.17, 15) is 20.0 Å². The fourth-order valence-electron chi connectivity index (χ4n) is 2.58. The maximum absolute atomic E-state index is 12.8. The number of halogens is 1. The van der Waals surface area contributed by atoms with Gasteiger partial charge in [-0.25, -0.2) is 4.79 Å². The van der Waals surface area contributed by atoms with Gasteiger partial charge in [-0.2, -0.15) is 15.0 Å². The molecule has 1 heterocycles. The molecule has 2 aromatic carbocycles. The molecule has 0 bridgehead atoms. The third-order valence-corrected chi connectivity index (χ3v) is 4.29. The summed E-state index contributed by atoms with van der Waals surface area (Å²) in [6.07, 6.45) is 3.00. The molecule has 0 aliphatic rings. The highest BCUT2D eigenvalue weighted by atomic mass is 35.5. The number of aromatic carboxylic acids is 1. The van der Waals surface area contributed by atoms with Gasteiger partial charge in [0, 0.05) is 10.6 Å². The Morgan fingerprint density at radius 2 is 1.79 bits per heavy atom. The first-order valence-corrected chi connectivity index (χ1v) is 8.60.